The normalized spacial score (nSPS) is 9.68. The van der Waals surface area contributed by atoms with E-state index in [1.54, 1.807) is 0 Å². The van der Waals surface area contributed by atoms with Gasteiger partial charge in [0.05, 0.1) is 0 Å². The first-order chi connectivity index (χ1) is 9.13. The second kappa shape index (κ2) is 8.53. The molecule has 0 aliphatic carbocycles. The van der Waals surface area contributed by atoms with E-state index in [1.807, 2.05) is 0 Å². The van der Waals surface area contributed by atoms with Crippen molar-refractivity contribution >= 4 is 0 Å². The van der Waals surface area contributed by atoms with Crippen LogP contribution < -0.4 is 0 Å². The van der Waals surface area contributed by atoms with E-state index in [9.17, 15) is 0 Å². The Morgan fingerprint density at radius 1 is 0.789 bits per heavy atom. The maximum atomic E-state index is 2.23. The minimum atomic E-state index is 1.23. The third-order valence-electron chi connectivity index (χ3n) is 3.32. The van der Waals surface area contributed by atoms with Gasteiger partial charge in [0, 0.05) is 0 Å². The van der Waals surface area contributed by atoms with Gasteiger partial charge in [-0.15, -0.1) is 0 Å². The highest BCUT2D eigenvalue weighted by Crippen LogP contribution is 2.07. The lowest BCUT2D eigenvalue weighted by Gasteiger charge is -1.98. The van der Waals surface area contributed by atoms with Gasteiger partial charge >= 0.3 is 0 Å². The van der Waals surface area contributed by atoms with Crippen LogP contribution in [0.15, 0.2) is 48.5 Å². The molecule has 0 saturated heterocycles. The second-order valence-corrected chi connectivity index (χ2v) is 5.18. The number of hydrogen-bond acceptors (Lipinski definition) is 0. The molecule has 0 heterocycles. The Morgan fingerprint density at radius 3 is 2.00 bits per heavy atom. The molecule has 2 aromatic carbocycles. The highest BCUT2D eigenvalue weighted by molar-refractivity contribution is 5.28. The molecule has 0 aliphatic rings. The molecule has 0 bridgehead atoms. The summed E-state index contributed by atoms with van der Waals surface area (Å²) >= 11 is 0. The van der Waals surface area contributed by atoms with Gasteiger partial charge in [0.2, 0.25) is 0 Å². The van der Waals surface area contributed by atoms with Crippen LogP contribution in [0.25, 0.3) is 0 Å². The molecular weight excluding hydrogens is 228 g/mol. The van der Waals surface area contributed by atoms with Crippen molar-refractivity contribution in [1.82, 2.24) is 0 Å². The molecule has 0 unspecified atom stereocenters. The van der Waals surface area contributed by atoms with Gasteiger partial charge in [-0.3, -0.25) is 0 Å². The SMILES string of the molecule is CCCCc1ccccc1.Cc1ccc(C)c(C)c1. The minimum absolute atomic E-state index is 1.23. The predicted molar refractivity (Wildman–Crippen MR) is 85.7 cm³/mol. The maximum Gasteiger partial charge on any atom is -0.0279 e. The van der Waals surface area contributed by atoms with E-state index in [2.05, 4.69) is 76.2 Å². The molecule has 0 aromatic heterocycles. The first-order valence-corrected chi connectivity index (χ1v) is 7.21. The van der Waals surface area contributed by atoms with Crippen LogP contribution in [0.2, 0.25) is 0 Å². The van der Waals surface area contributed by atoms with Crippen molar-refractivity contribution in [3.63, 3.8) is 0 Å². The molecule has 2 aromatic rings. The largest absolute Gasteiger partial charge is 0.0654 e. The third-order valence-corrected chi connectivity index (χ3v) is 3.32. The van der Waals surface area contributed by atoms with Crippen molar-refractivity contribution in [2.24, 2.45) is 0 Å². The molecule has 0 atom stereocenters. The summed E-state index contributed by atoms with van der Waals surface area (Å²) in [5.74, 6) is 0. The lowest BCUT2D eigenvalue weighted by atomic mass is 10.1. The Labute approximate surface area is 118 Å². The zero-order valence-corrected chi connectivity index (χ0v) is 12.7. The van der Waals surface area contributed by atoms with Crippen LogP contribution in [-0.2, 0) is 6.42 Å². The molecule has 102 valence electrons. The molecule has 0 N–H and O–H groups in total. The van der Waals surface area contributed by atoms with E-state index in [1.165, 1.54) is 41.5 Å². The summed E-state index contributed by atoms with van der Waals surface area (Å²) in [6.45, 7) is 8.62. The van der Waals surface area contributed by atoms with Crippen LogP contribution in [-0.4, -0.2) is 0 Å². The Kier molecular flexibility index (Phi) is 6.95. The summed E-state index contributed by atoms with van der Waals surface area (Å²) in [5, 5.41) is 0. The van der Waals surface area contributed by atoms with Crippen LogP contribution in [0.4, 0.5) is 0 Å². The fourth-order valence-corrected chi connectivity index (χ4v) is 1.92. The summed E-state index contributed by atoms with van der Waals surface area (Å²) in [4.78, 5) is 0. The summed E-state index contributed by atoms with van der Waals surface area (Å²) in [5.41, 5.74) is 5.57. The van der Waals surface area contributed by atoms with Crippen LogP contribution in [0.1, 0.15) is 42.0 Å². The number of unbranched alkanes of at least 4 members (excludes halogenated alkanes) is 1. The second-order valence-electron chi connectivity index (χ2n) is 5.18. The van der Waals surface area contributed by atoms with Gasteiger partial charge in [0.25, 0.3) is 0 Å². The molecule has 0 saturated carbocycles. The Balaban J connectivity index is 0.000000191. The minimum Gasteiger partial charge on any atom is -0.0654 e. The monoisotopic (exact) mass is 254 g/mol. The van der Waals surface area contributed by atoms with Crippen LogP contribution in [0.3, 0.4) is 0 Å². The summed E-state index contributed by atoms with van der Waals surface area (Å²) < 4.78 is 0. The quantitative estimate of drug-likeness (QED) is 0.665. The van der Waals surface area contributed by atoms with Gasteiger partial charge in [-0.05, 0) is 50.3 Å². The van der Waals surface area contributed by atoms with Gasteiger partial charge in [0.15, 0.2) is 0 Å². The zero-order valence-electron chi connectivity index (χ0n) is 12.7. The van der Waals surface area contributed by atoms with E-state index < -0.39 is 0 Å². The number of benzene rings is 2. The highest BCUT2D eigenvalue weighted by atomic mass is 13.9. The Bertz CT molecular complexity index is 469. The average molecular weight is 254 g/mol. The first kappa shape index (κ1) is 15.5. The fraction of sp³-hybridized carbons (Fsp3) is 0.368. The Hall–Kier alpha value is -1.56. The van der Waals surface area contributed by atoms with Crippen LogP contribution in [0.5, 0.6) is 0 Å². The maximum absolute atomic E-state index is 2.23. The van der Waals surface area contributed by atoms with E-state index in [0.717, 1.165) is 0 Å². The lowest BCUT2D eigenvalue weighted by Crippen LogP contribution is -1.81. The van der Waals surface area contributed by atoms with Gasteiger partial charge in [-0.2, -0.15) is 0 Å². The van der Waals surface area contributed by atoms with Gasteiger partial charge < -0.3 is 0 Å². The molecule has 0 aliphatic heterocycles. The van der Waals surface area contributed by atoms with Crippen LogP contribution in [0, 0.1) is 20.8 Å². The average Bonchev–Trinajstić information content (AvgIpc) is 2.43. The van der Waals surface area contributed by atoms with E-state index in [4.69, 9.17) is 0 Å². The molecule has 0 amide bonds. The smallest absolute Gasteiger partial charge is 0.0279 e. The van der Waals surface area contributed by atoms with E-state index in [0.29, 0.717) is 0 Å². The van der Waals surface area contributed by atoms with Crippen molar-refractivity contribution in [2.75, 3.05) is 0 Å². The summed E-state index contributed by atoms with van der Waals surface area (Å²) in [6.07, 6.45) is 3.83. The molecule has 0 nitrogen and oxygen atoms in total. The van der Waals surface area contributed by atoms with E-state index >= 15 is 0 Å². The van der Waals surface area contributed by atoms with Gasteiger partial charge in [-0.1, -0.05) is 67.4 Å². The third kappa shape index (κ3) is 6.24. The topological polar surface area (TPSA) is 0 Å². The molecule has 0 spiro atoms. The first-order valence-electron chi connectivity index (χ1n) is 7.21. The van der Waals surface area contributed by atoms with Crippen molar-refractivity contribution < 1.29 is 0 Å². The lowest BCUT2D eigenvalue weighted by molar-refractivity contribution is 0.795. The molecule has 2 rings (SSSR count). The highest BCUT2D eigenvalue weighted by Gasteiger charge is 1.89. The summed E-state index contributed by atoms with van der Waals surface area (Å²) in [7, 11) is 0. The molecule has 0 radical (unpaired) electrons. The number of hydrogen-bond donors (Lipinski definition) is 0. The van der Waals surface area contributed by atoms with Crippen molar-refractivity contribution in [1.29, 1.82) is 0 Å². The van der Waals surface area contributed by atoms with Crippen molar-refractivity contribution in [3.8, 4) is 0 Å². The standard InChI is InChI=1S/C10H14.C9H12/c1-2-3-7-10-8-5-4-6-9-10;1-7-4-5-8(2)9(3)6-7/h4-6,8-9H,2-3,7H2,1H3;4-6H,1-3H3. The molecule has 0 heteroatoms. The Morgan fingerprint density at radius 2 is 1.47 bits per heavy atom. The number of aryl methyl sites for hydroxylation is 4. The van der Waals surface area contributed by atoms with Crippen LogP contribution >= 0.6 is 0 Å². The van der Waals surface area contributed by atoms with Gasteiger partial charge in [-0.25, -0.2) is 0 Å². The number of rotatable bonds is 3. The zero-order chi connectivity index (χ0) is 14.1. The predicted octanol–water partition coefficient (Wildman–Crippen LogP) is 5.64. The van der Waals surface area contributed by atoms with E-state index in [-0.39, 0.29) is 0 Å². The van der Waals surface area contributed by atoms with Crippen molar-refractivity contribution in [2.45, 2.75) is 47.0 Å². The molecular formula is C19H26. The van der Waals surface area contributed by atoms with Crippen molar-refractivity contribution in [3.05, 3.63) is 70.8 Å². The molecule has 0 fully saturated rings. The summed E-state index contributed by atoms with van der Waals surface area (Å²) in [6, 6.07) is 17.2. The fourth-order valence-electron chi connectivity index (χ4n) is 1.92. The van der Waals surface area contributed by atoms with Gasteiger partial charge in [0.1, 0.15) is 0 Å². The molecule has 19 heavy (non-hydrogen) atoms.